The summed E-state index contributed by atoms with van der Waals surface area (Å²) < 4.78 is 13.6. The van der Waals surface area contributed by atoms with E-state index in [1.165, 1.54) is 6.07 Å². The molecule has 1 aromatic rings. The van der Waals surface area contributed by atoms with Gasteiger partial charge >= 0.3 is 0 Å². The predicted octanol–water partition coefficient (Wildman–Crippen LogP) is 2.84. The Bertz CT molecular complexity index is 458. The molecule has 0 saturated carbocycles. The first-order valence-corrected chi connectivity index (χ1v) is 7.02. The van der Waals surface area contributed by atoms with Gasteiger partial charge in [0.05, 0.1) is 5.56 Å². The van der Waals surface area contributed by atoms with E-state index in [1.54, 1.807) is 12.1 Å². The number of nitrogens with one attached hydrogen (secondary N) is 1. The van der Waals surface area contributed by atoms with Crippen molar-refractivity contribution in [3.05, 3.63) is 35.1 Å². The van der Waals surface area contributed by atoms with Crippen LogP contribution >= 0.6 is 0 Å². The van der Waals surface area contributed by atoms with Crippen molar-refractivity contribution in [1.29, 1.82) is 0 Å². The number of hydrogen-bond acceptors (Lipinski definition) is 2. The van der Waals surface area contributed by atoms with Gasteiger partial charge in [-0.05, 0) is 45.5 Å². The summed E-state index contributed by atoms with van der Waals surface area (Å²) in [6, 6.07) is 4.83. The minimum absolute atomic E-state index is 0.118. The van der Waals surface area contributed by atoms with E-state index in [4.69, 9.17) is 0 Å². The molecule has 1 amide bonds. The molecular weight excluding hydrogens is 255 g/mol. The van der Waals surface area contributed by atoms with Gasteiger partial charge in [0.2, 0.25) is 0 Å². The number of nitrogens with zero attached hydrogens (tertiary/aromatic N) is 1. The Morgan fingerprint density at radius 3 is 2.55 bits per heavy atom. The van der Waals surface area contributed by atoms with Crippen LogP contribution in [0.1, 0.15) is 36.2 Å². The molecule has 1 rings (SSSR count). The van der Waals surface area contributed by atoms with Crippen LogP contribution in [0.5, 0.6) is 0 Å². The highest BCUT2D eigenvalue weighted by Crippen LogP contribution is 2.11. The second-order valence-electron chi connectivity index (χ2n) is 5.94. The topological polar surface area (TPSA) is 32.3 Å². The van der Waals surface area contributed by atoms with E-state index in [-0.39, 0.29) is 17.5 Å². The summed E-state index contributed by atoms with van der Waals surface area (Å²) in [7, 11) is 3.99. The zero-order valence-electron chi connectivity index (χ0n) is 13.0. The smallest absolute Gasteiger partial charge is 0.254 e. The fourth-order valence-corrected chi connectivity index (χ4v) is 2.14. The van der Waals surface area contributed by atoms with E-state index < -0.39 is 5.82 Å². The van der Waals surface area contributed by atoms with Crippen LogP contribution in [-0.4, -0.2) is 37.5 Å². The van der Waals surface area contributed by atoms with Gasteiger partial charge in [0.15, 0.2) is 0 Å². The lowest BCUT2D eigenvalue weighted by atomic mass is 10.0. The standard InChI is InChI=1S/C16H25FN2O/c1-11(2)8-13(19(4)5)10-18-16(20)14-9-12(3)6-7-15(14)17/h6-7,9,11,13H,8,10H2,1-5H3,(H,18,20). The zero-order valence-corrected chi connectivity index (χ0v) is 13.0. The number of benzene rings is 1. The normalized spacial score (nSPS) is 12.8. The van der Waals surface area contributed by atoms with E-state index in [0.717, 1.165) is 12.0 Å². The average Bonchev–Trinajstić information content (AvgIpc) is 2.36. The first-order valence-electron chi connectivity index (χ1n) is 7.02. The summed E-state index contributed by atoms with van der Waals surface area (Å²) in [5, 5.41) is 2.83. The first-order chi connectivity index (χ1) is 9.31. The van der Waals surface area contributed by atoms with Gasteiger partial charge < -0.3 is 10.2 Å². The molecule has 1 unspecified atom stereocenters. The van der Waals surface area contributed by atoms with Crippen LogP contribution in [0, 0.1) is 18.7 Å². The number of likely N-dealkylation sites (N-methyl/N-ethyl adjacent to an activating group) is 1. The molecule has 0 spiro atoms. The minimum Gasteiger partial charge on any atom is -0.350 e. The molecule has 0 bridgehead atoms. The van der Waals surface area contributed by atoms with Crippen LogP contribution in [0.4, 0.5) is 4.39 Å². The monoisotopic (exact) mass is 280 g/mol. The van der Waals surface area contributed by atoms with Crippen LogP contribution < -0.4 is 5.32 Å². The zero-order chi connectivity index (χ0) is 15.3. The van der Waals surface area contributed by atoms with Crippen LogP contribution in [0.3, 0.4) is 0 Å². The van der Waals surface area contributed by atoms with Crippen LogP contribution in [0.15, 0.2) is 18.2 Å². The Morgan fingerprint density at radius 2 is 2.00 bits per heavy atom. The van der Waals surface area contributed by atoms with Crippen LogP contribution in [-0.2, 0) is 0 Å². The second kappa shape index (κ2) is 7.39. The second-order valence-corrected chi connectivity index (χ2v) is 5.94. The van der Waals surface area contributed by atoms with Gasteiger partial charge in [-0.1, -0.05) is 25.5 Å². The Kier molecular flexibility index (Phi) is 6.14. The number of carbonyl (C=O) groups is 1. The molecule has 0 fully saturated rings. The first kappa shape index (κ1) is 16.6. The molecule has 1 aromatic carbocycles. The van der Waals surface area contributed by atoms with E-state index >= 15 is 0 Å². The molecule has 0 aliphatic carbocycles. The highest BCUT2D eigenvalue weighted by atomic mass is 19.1. The maximum absolute atomic E-state index is 13.6. The van der Waals surface area contributed by atoms with Crippen LogP contribution in [0.2, 0.25) is 0 Å². The molecule has 0 heterocycles. The molecular formula is C16H25FN2O. The van der Waals surface area contributed by atoms with E-state index in [2.05, 4.69) is 24.1 Å². The van der Waals surface area contributed by atoms with Crippen molar-refractivity contribution < 1.29 is 9.18 Å². The van der Waals surface area contributed by atoms with E-state index in [0.29, 0.717) is 12.5 Å². The molecule has 0 aliphatic heterocycles. The molecule has 0 radical (unpaired) electrons. The lowest BCUT2D eigenvalue weighted by molar-refractivity contribution is 0.0934. The molecule has 0 aliphatic rings. The van der Waals surface area contributed by atoms with E-state index in [1.807, 2.05) is 21.0 Å². The van der Waals surface area contributed by atoms with Gasteiger partial charge in [0, 0.05) is 12.6 Å². The van der Waals surface area contributed by atoms with Gasteiger partial charge in [0.25, 0.3) is 5.91 Å². The molecule has 4 heteroatoms. The van der Waals surface area contributed by atoms with Gasteiger partial charge in [0.1, 0.15) is 5.82 Å². The third-order valence-electron chi connectivity index (χ3n) is 3.34. The third-order valence-corrected chi connectivity index (χ3v) is 3.34. The number of halogens is 1. The van der Waals surface area contributed by atoms with Crippen molar-refractivity contribution in [3.63, 3.8) is 0 Å². The maximum Gasteiger partial charge on any atom is 0.254 e. The van der Waals surface area contributed by atoms with Crippen molar-refractivity contribution in [1.82, 2.24) is 10.2 Å². The minimum atomic E-state index is -0.474. The average molecular weight is 280 g/mol. The highest BCUT2D eigenvalue weighted by molar-refractivity contribution is 5.94. The molecule has 0 aromatic heterocycles. The third kappa shape index (κ3) is 4.93. The molecule has 1 atom stereocenters. The SMILES string of the molecule is Cc1ccc(F)c(C(=O)NCC(CC(C)C)N(C)C)c1. The maximum atomic E-state index is 13.6. The number of aryl methyl sites for hydroxylation is 1. The Morgan fingerprint density at radius 1 is 1.35 bits per heavy atom. The molecule has 20 heavy (non-hydrogen) atoms. The van der Waals surface area contributed by atoms with Crippen LogP contribution in [0.25, 0.3) is 0 Å². The summed E-state index contributed by atoms with van der Waals surface area (Å²) in [6.45, 7) is 6.67. The molecule has 0 saturated heterocycles. The van der Waals surface area contributed by atoms with Gasteiger partial charge in [-0.15, -0.1) is 0 Å². The van der Waals surface area contributed by atoms with Crippen molar-refractivity contribution >= 4 is 5.91 Å². The number of amides is 1. The summed E-state index contributed by atoms with van der Waals surface area (Å²) >= 11 is 0. The Balaban J connectivity index is 2.68. The fourth-order valence-electron chi connectivity index (χ4n) is 2.14. The van der Waals surface area contributed by atoms with Crippen molar-refractivity contribution in [2.24, 2.45) is 5.92 Å². The lowest BCUT2D eigenvalue weighted by Gasteiger charge is -2.26. The summed E-state index contributed by atoms with van der Waals surface area (Å²) in [4.78, 5) is 14.2. The summed E-state index contributed by atoms with van der Waals surface area (Å²) in [5.74, 6) is -0.268. The largest absolute Gasteiger partial charge is 0.350 e. The predicted molar refractivity (Wildman–Crippen MR) is 80.4 cm³/mol. The van der Waals surface area contributed by atoms with Gasteiger partial charge in [-0.25, -0.2) is 4.39 Å². The van der Waals surface area contributed by atoms with Gasteiger partial charge in [-0.2, -0.15) is 0 Å². The number of rotatable bonds is 6. The molecule has 1 N–H and O–H groups in total. The number of carbonyl (C=O) groups excluding carboxylic acids is 1. The quantitative estimate of drug-likeness (QED) is 0.869. The Labute approximate surface area is 121 Å². The molecule has 112 valence electrons. The summed E-state index contributed by atoms with van der Waals surface area (Å²) in [6.07, 6.45) is 0.990. The van der Waals surface area contributed by atoms with Crippen molar-refractivity contribution in [2.45, 2.75) is 33.2 Å². The fraction of sp³-hybridized carbons (Fsp3) is 0.562. The summed E-state index contributed by atoms with van der Waals surface area (Å²) in [5.41, 5.74) is 0.995. The van der Waals surface area contributed by atoms with Crippen molar-refractivity contribution in [2.75, 3.05) is 20.6 Å². The molecule has 3 nitrogen and oxygen atoms in total. The Hall–Kier alpha value is -1.42. The van der Waals surface area contributed by atoms with Crippen molar-refractivity contribution in [3.8, 4) is 0 Å². The van der Waals surface area contributed by atoms with E-state index in [9.17, 15) is 9.18 Å². The van der Waals surface area contributed by atoms with Gasteiger partial charge in [-0.3, -0.25) is 4.79 Å². The highest BCUT2D eigenvalue weighted by Gasteiger charge is 2.17. The number of hydrogen-bond donors (Lipinski definition) is 1. The lowest BCUT2D eigenvalue weighted by Crippen LogP contribution is -2.41.